The van der Waals surface area contributed by atoms with E-state index in [1.807, 2.05) is 6.08 Å². The number of hydrogen-bond donors (Lipinski definition) is 0. The fourth-order valence-electron chi connectivity index (χ4n) is 1.22. The van der Waals surface area contributed by atoms with Crippen LogP contribution in [0.25, 0.3) is 0 Å². The Labute approximate surface area is 92.6 Å². The van der Waals surface area contributed by atoms with Gasteiger partial charge in [-0.2, -0.15) is 0 Å². The van der Waals surface area contributed by atoms with E-state index in [9.17, 15) is 4.79 Å². The minimum absolute atomic E-state index is 0.163. The van der Waals surface area contributed by atoms with E-state index in [0.717, 1.165) is 12.8 Å². The Balaban J connectivity index is 4.78. The second kappa shape index (κ2) is 6.89. The van der Waals surface area contributed by atoms with Crippen LogP contribution in [-0.4, -0.2) is 35.5 Å². The van der Waals surface area contributed by atoms with Gasteiger partial charge in [0.2, 0.25) is 5.41 Å². The molecule has 0 aliphatic carbocycles. The van der Waals surface area contributed by atoms with E-state index in [-0.39, 0.29) is 5.41 Å². The molecule has 0 aliphatic heterocycles. The highest BCUT2D eigenvalue weighted by atomic mass is 28.4. The van der Waals surface area contributed by atoms with Crippen LogP contribution in [0, 0.1) is 0 Å². The van der Waals surface area contributed by atoms with Crippen molar-refractivity contribution in [2.24, 2.45) is 0 Å². The lowest BCUT2D eigenvalue weighted by Gasteiger charge is -2.22. The summed E-state index contributed by atoms with van der Waals surface area (Å²) < 4.78 is 15.3. The predicted molar refractivity (Wildman–Crippen MR) is 60.5 cm³/mol. The van der Waals surface area contributed by atoms with Crippen molar-refractivity contribution < 1.29 is 18.1 Å². The molecule has 0 aromatic carbocycles. The molecule has 5 heteroatoms. The maximum Gasteiger partial charge on any atom is 0.578 e. The van der Waals surface area contributed by atoms with Gasteiger partial charge in [0, 0.05) is 21.3 Å². The Bertz CT molecular complexity index is 225. The summed E-state index contributed by atoms with van der Waals surface area (Å²) in [6.45, 7) is 3.82. The minimum atomic E-state index is -3.14. The fraction of sp³-hybridized carbons (Fsp3) is 0.700. The smallest absolute Gasteiger partial charge is 0.372 e. The Hall–Kier alpha value is -0.493. The maximum atomic E-state index is 12.0. The molecule has 0 bridgehead atoms. The van der Waals surface area contributed by atoms with E-state index in [1.165, 1.54) is 21.3 Å². The van der Waals surface area contributed by atoms with E-state index in [4.69, 9.17) is 13.3 Å². The Morgan fingerprint density at radius 2 is 1.67 bits per heavy atom. The summed E-state index contributed by atoms with van der Waals surface area (Å²) in [5, 5.41) is -0.163. The van der Waals surface area contributed by atoms with Crippen LogP contribution in [0.4, 0.5) is 0 Å². The summed E-state index contributed by atoms with van der Waals surface area (Å²) >= 11 is 0. The number of carbonyl (C=O) groups excluding carboxylic acids is 1. The highest BCUT2D eigenvalue weighted by Crippen LogP contribution is 2.14. The van der Waals surface area contributed by atoms with Gasteiger partial charge < -0.3 is 13.3 Å². The van der Waals surface area contributed by atoms with Crippen LogP contribution in [0.15, 0.2) is 11.6 Å². The van der Waals surface area contributed by atoms with Gasteiger partial charge in [0.15, 0.2) is 0 Å². The molecule has 0 N–H and O–H groups in total. The lowest BCUT2D eigenvalue weighted by atomic mass is 10.2. The quantitative estimate of drug-likeness (QED) is 0.495. The summed E-state index contributed by atoms with van der Waals surface area (Å²) in [6, 6.07) is 0. The summed E-state index contributed by atoms with van der Waals surface area (Å²) in [6.07, 6.45) is 3.77. The van der Waals surface area contributed by atoms with Gasteiger partial charge >= 0.3 is 8.80 Å². The fourth-order valence-corrected chi connectivity index (χ4v) is 2.86. The van der Waals surface area contributed by atoms with E-state index < -0.39 is 8.80 Å². The lowest BCUT2D eigenvalue weighted by Crippen LogP contribution is -2.52. The molecule has 0 aliphatic rings. The van der Waals surface area contributed by atoms with Gasteiger partial charge in [-0.25, -0.2) is 0 Å². The van der Waals surface area contributed by atoms with Crippen LogP contribution >= 0.6 is 0 Å². The van der Waals surface area contributed by atoms with Gasteiger partial charge in [-0.1, -0.05) is 19.4 Å². The first kappa shape index (κ1) is 14.5. The van der Waals surface area contributed by atoms with Crippen molar-refractivity contribution in [3.05, 3.63) is 11.6 Å². The average molecular weight is 232 g/mol. The van der Waals surface area contributed by atoms with E-state index >= 15 is 0 Å². The lowest BCUT2D eigenvalue weighted by molar-refractivity contribution is -0.114. The van der Waals surface area contributed by atoms with E-state index in [1.54, 1.807) is 6.92 Å². The molecule has 0 heterocycles. The van der Waals surface area contributed by atoms with Crippen LogP contribution < -0.4 is 0 Å². The molecule has 0 spiro atoms. The second-order valence-electron chi connectivity index (χ2n) is 3.17. The number of rotatable bonds is 7. The zero-order chi connectivity index (χ0) is 11.9. The van der Waals surface area contributed by atoms with Crippen molar-refractivity contribution in [1.29, 1.82) is 0 Å². The van der Waals surface area contributed by atoms with Crippen molar-refractivity contribution in [3.63, 3.8) is 0 Å². The minimum Gasteiger partial charge on any atom is -0.372 e. The van der Waals surface area contributed by atoms with Gasteiger partial charge in [0.25, 0.3) is 0 Å². The van der Waals surface area contributed by atoms with Crippen molar-refractivity contribution in [1.82, 2.24) is 0 Å². The van der Waals surface area contributed by atoms with Crippen molar-refractivity contribution in [2.75, 3.05) is 21.3 Å². The topological polar surface area (TPSA) is 44.8 Å². The molecule has 0 saturated carbocycles. The molecule has 88 valence electrons. The summed E-state index contributed by atoms with van der Waals surface area (Å²) in [7, 11) is 1.16. The third-order valence-corrected chi connectivity index (χ3v) is 4.74. The predicted octanol–water partition coefficient (Wildman–Crippen LogP) is 1.72. The summed E-state index contributed by atoms with van der Waals surface area (Å²) in [5.41, 5.74) is 0.647. The normalized spacial score (nSPS) is 13.0. The number of unbranched alkanes of at least 4 members (excludes halogenated alkanes) is 1. The summed E-state index contributed by atoms with van der Waals surface area (Å²) in [4.78, 5) is 12.0. The largest absolute Gasteiger partial charge is 0.578 e. The molecule has 0 aromatic rings. The van der Waals surface area contributed by atoms with E-state index in [0.29, 0.717) is 5.57 Å². The number of allylic oxidation sites excluding steroid dienone is 2. The van der Waals surface area contributed by atoms with Crippen LogP contribution in [0.3, 0.4) is 0 Å². The first-order chi connectivity index (χ1) is 7.07. The Kier molecular flexibility index (Phi) is 6.67. The zero-order valence-corrected chi connectivity index (χ0v) is 11.1. The highest BCUT2D eigenvalue weighted by molar-refractivity contribution is 6.94. The molecule has 0 rings (SSSR count). The Morgan fingerprint density at radius 3 is 2.00 bits per heavy atom. The van der Waals surface area contributed by atoms with Gasteiger partial charge in [0.1, 0.15) is 0 Å². The maximum absolute atomic E-state index is 12.0. The van der Waals surface area contributed by atoms with Gasteiger partial charge in [0.05, 0.1) is 0 Å². The summed E-state index contributed by atoms with van der Waals surface area (Å²) in [5.74, 6) is 0. The molecule has 0 radical (unpaired) electrons. The molecular weight excluding hydrogens is 212 g/mol. The van der Waals surface area contributed by atoms with E-state index in [2.05, 4.69) is 6.92 Å². The number of carbonyl (C=O) groups is 1. The highest BCUT2D eigenvalue weighted by Gasteiger charge is 2.48. The second-order valence-corrected chi connectivity index (χ2v) is 5.96. The molecule has 0 amide bonds. The molecule has 0 atom stereocenters. The SMILES string of the molecule is CCCC=C(C)C(=O)[Si](OC)(OC)OC. The molecule has 0 aromatic heterocycles. The standard InChI is InChI=1S/C10H20O4Si/c1-6-7-8-9(2)10(11)15(12-3,13-4)14-5/h8H,6-7H2,1-5H3. The van der Waals surface area contributed by atoms with Crippen LogP contribution in [0.2, 0.25) is 0 Å². The van der Waals surface area contributed by atoms with Crippen molar-refractivity contribution in [2.45, 2.75) is 26.7 Å². The first-order valence-corrected chi connectivity index (χ1v) is 6.67. The first-order valence-electron chi connectivity index (χ1n) is 4.95. The molecular formula is C10H20O4Si. The number of hydrogen-bond acceptors (Lipinski definition) is 4. The van der Waals surface area contributed by atoms with Gasteiger partial charge in [-0.3, -0.25) is 4.79 Å². The van der Waals surface area contributed by atoms with Gasteiger partial charge in [-0.05, 0) is 18.9 Å². The monoisotopic (exact) mass is 232 g/mol. The zero-order valence-electron chi connectivity index (χ0n) is 10.1. The third kappa shape index (κ3) is 3.53. The molecule has 4 nitrogen and oxygen atoms in total. The molecule has 0 fully saturated rings. The van der Waals surface area contributed by atoms with Crippen LogP contribution in [0.1, 0.15) is 26.7 Å². The Morgan fingerprint density at radius 1 is 1.20 bits per heavy atom. The van der Waals surface area contributed by atoms with Crippen LogP contribution in [-0.2, 0) is 18.1 Å². The molecule has 0 unspecified atom stereocenters. The van der Waals surface area contributed by atoms with Crippen molar-refractivity contribution in [3.8, 4) is 0 Å². The third-order valence-electron chi connectivity index (χ3n) is 2.18. The average Bonchev–Trinajstić information content (AvgIpc) is 2.28. The molecule has 0 saturated heterocycles. The van der Waals surface area contributed by atoms with Crippen LogP contribution in [0.5, 0.6) is 0 Å². The van der Waals surface area contributed by atoms with Crippen molar-refractivity contribution >= 4 is 14.2 Å². The molecule has 15 heavy (non-hydrogen) atoms. The van der Waals surface area contributed by atoms with Gasteiger partial charge in [-0.15, -0.1) is 0 Å².